The fourth-order valence-electron chi connectivity index (χ4n) is 3.51. The zero-order valence-corrected chi connectivity index (χ0v) is 16.8. The number of alkyl halides is 3. The number of rotatable bonds is 6. The maximum Gasteiger partial charge on any atom is 0.573 e. The first-order chi connectivity index (χ1) is 15.3. The summed E-state index contributed by atoms with van der Waals surface area (Å²) in [6, 6.07) is 12.3. The number of hydrogen-bond acceptors (Lipinski definition) is 7. The van der Waals surface area contributed by atoms with Crippen LogP contribution in [-0.2, 0) is 0 Å². The van der Waals surface area contributed by atoms with Gasteiger partial charge in [0.15, 0.2) is 6.23 Å². The van der Waals surface area contributed by atoms with Gasteiger partial charge >= 0.3 is 6.36 Å². The first-order valence-corrected chi connectivity index (χ1v) is 9.93. The molecule has 3 heterocycles. The van der Waals surface area contributed by atoms with Crippen LogP contribution in [0.25, 0.3) is 11.3 Å². The largest absolute Gasteiger partial charge is 0.573 e. The van der Waals surface area contributed by atoms with E-state index in [9.17, 15) is 23.4 Å². The number of pyridine rings is 2. The van der Waals surface area contributed by atoms with Crippen LogP contribution < -0.4 is 15.0 Å². The van der Waals surface area contributed by atoms with Gasteiger partial charge in [0.2, 0.25) is 0 Å². The SMILES string of the molecule is OC(Nc1ccc(OC(F)(F)F)cc1)c1cnc(N2CC[C@@H](O)C2)c(-c2ccccn2)c1. The van der Waals surface area contributed by atoms with Crippen molar-refractivity contribution in [1.29, 1.82) is 0 Å². The average molecular weight is 446 g/mol. The van der Waals surface area contributed by atoms with Gasteiger partial charge in [0, 0.05) is 42.3 Å². The average Bonchev–Trinajstić information content (AvgIpc) is 3.20. The summed E-state index contributed by atoms with van der Waals surface area (Å²) in [4.78, 5) is 10.9. The molecule has 168 valence electrons. The highest BCUT2D eigenvalue weighted by molar-refractivity contribution is 5.74. The lowest BCUT2D eigenvalue weighted by molar-refractivity contribution is -0.274. The van der Waals surface area contributed by atoms with Gasteiger partial charge in [-0.1, -0.05) is 6.07 Å². The quantitative estimate of drug-likeness (QED) is 0.497. The molecule has 1 saturated heterocycles. The van der Waals surface area contributed by atoms with Gasteiger partial charge in [-0.15, -0.1) is 13.2 Å². The number of anilines is 2. The monoisotopic (exact) mass is 446 g/mol. The van der Waals surface area contributed by atoms with Gasteiger partial charge in [-0.25, -0.2) is 4.98 Å². The molecule has 0 aliphatic carbocycles. The summed E-state index contributed by atoms with van der Waals surface area (Å²) >= 11 is 0. The van der Waals surface area contributed by atoms with Gasteiger partial charge in [-0.3, -0.25) is 4.98 Å². The predicted molar refractivity (Wildman–Crippen MR) is 112 cm³/mol. The lowest BCUT2D eigenvalue weighted by atomic mass is 10.1. The van der Waals surface area contributed by atoms with Crippen molar-refractivity contribution in [3.05, 3.63) is 66.5 Å². The van der Waals surface area contributed by atoms with Gasteiger partial charge in [-0.2, -0.15) is 0 Å². The molecule has 1 fully saturated rings. The van der Waals surface area contributed by atoms with Crippen LogP contribution in [-0.4, -0.2) is 45.7 Å². The second kappa shape index (κ2) is 9.01. The maximum absolute atomic E-state index is 12.3. The van der Waals surface area contributed by atoms with Crippen molar-refractivity contribution in [2.45, 2.75) is 25.1 Å². The normalized spacial score (nSPS) is 17.3. The topological polar surface area (TPSA) is 90.7 Å². The van der Waals surface area contributed by atoms with E-state index in [0.717, 1.165) is 12.1 Å². The fraction of sp³-hybridized carbons (Fsp3) is 0.273. The van der Waals surface area contributed by atoms with Crippen LogP contribution >= 0.6 is 0 Å². The molecule has 4 rings (SSSR count). The smallest absolute Gasteiger partial charge is 0.406 e. The van der Waals surface area contributed by atoms with E-state index in [1.165, 1.54) is 18.3 Å². The fourth-order valence-corrected chi connectivity index (χ4v) is 3.51. The number of hydrogen-bond donors (Lipinski definition) is 3. The van der Waals surface area contributed by atoms with Crippen molar-refractivity contribution in [2.75, 3.05) is 23.3 Å². The summed E-state index contributed by atoms with van der Waals surface area (Å²) in [6.07, 6.45) is -2.55. The van der Waals surface area contributed by atoms with E-state index in [4.69, 9.17) is 0 Å². The third kappa shape index (κ3) is 5.27. The Morgan fingerprint density at radius 3 is 2.53 bits per heavy atom. The molecule has 1 aliphatic rings. The number of benzene rings is 1. The lowest BCUT2D eigenvalue weighted by Gasteiger charge is -2.22. The zero-order valence-electron chi connectivity index (χ0n) is 16.8. The van der Waals surface area contributed by atoms with Crippen molar-refractivity contribution in [3.8, 4) is 17.0 Å². The third-order valence-electron chi connectivity index (χ3n) is 5.00. The Morgan fingerprint density at radius 1 is 1.12 bits per heavy atom. The number of nitrogens with one attached hydrogen (secondary N) is 1. The summed E-state index contributed by atoms with van der Waals surface area (Å²) in [5.41, 5.74) is 2.22. The van der Waals surface area contributed by atoms with E-state index in [1.807, 2.05) is 17.0 Å². The second-order valence-corrected chi connectivity index (χ2v) is 7.36. The molecule has 0 radical (unpaired) electrons. The van der Waals surface area contributed by atoms with Crippen LogP contribution in [0.3, 0.4) is 0 Å². The van der Waals surface area contributed by atoms with Crippen LogP contribution in [0, 0.1) is 0 Å². The first-order valence-electron chi connectivity index (χ1n) is 9.93. The Kier molecular flexibility index (Phi) is 6.15. The van der Waals surface area contributed by atoms with Crippen LogP contribution in [0.15, 0.2) is 60.9 Å². The van der Waals surface area contributed by atoms with E-state index >= 15 is 0 Å². The van der Waals surface area contributed by atoms with Gasteiger partial charge < -0.3 is 25.2 Å². The van der Waals surface area contributed by atoms with Crippen LogP contribution in [0.1, 0.15) is 18.2 Å². The molecule has 7 nitrogen and oxygen atoms in total. The number of nitrogens with zero attached hydrogens (tertiary/aromatic N) is 3. The van der Waals surface area contributed by atoms with Gasteiger partial charge in [0.25, 0.3) is 0 Å². The molecule has 32 heavy (non-hydrogen) atoms. The Labute approximate surface area is 182 Å². The Morgan fingerprint density at radius 2 is 1.91 bits per heavy atom. The zero-order chi connectivity index (χ0) is 22.7. The molecule has 1 unspecified atom stereocenters. The molecule has 3 N–H and O–H groups in total. The molecule has 0 amide bonds. The minimum absolute atomic E-state index is 0.353. The Bertz CT molecular complexity index is 1050. The highest BCUT2D eigenvalue weighted by atomic mass is 19.4. The van der Waals surface area contributed by atoms with Crippen molar-refractivity contribution in [1.82, 2.24) is 9.97 Å². The van der Waals surface area contributed by atoms with Gasteiger partial charge in [-0.05, 0) is 48.9 Å². The maximum atomic E-state index is 12.3. The molecule has 0 bridgehead atoms. The molecule has 0 spiro atoms. The number of halogens is 3. The lowest BCUT2D eigenvalue weighted by Crippen LogP contribution is -2.23. The molecule has 2 atom stereocenters. The minimum atomic E-state index is -4.77. The molecule has 1 aliphatic heterocycles. The summed E-state index contributed by atoms with van der Waals surface area (Å²) in [5.74, 6) is 0.304. The van der Waals surface area contributed by atoms with Crippen LogP contribution in [0.5, 0.6) is 5.75 Å². The predicted octanol–water partition coefficient (Wildman–Crippen LogP) is 3.72. The van der Waals surface area contributed by atoms with E-state index in [2.05, 4.69) is 20.0 Å². The van der Waals surface area contributed by atoms with Gasteiger partial charge in [0.1, 0.15) is 11.6 Å². The van der Waals surface area contributed by atoms with Crippen molar-refractivity contribution < 1.29 is 28.1 Å². The summed E-state index contributed by atoms with van der Waals surface area (Å²) in [5, 5.41) is 23.4. The Hall–Kier alpha value is -3.37. The van der Waals surface area contributed by atoms with Crippen molar-refractivity contribution >= 4 is 11.5 Å². The molecule has 0 saturated carbocycles. The molecule has 1 aromatic carbocycles. The first kappa shape index (κ1) is 21.8. The Balaban J connectivity index is 1.57. The van der Waals surface area contributed by atoms with E-state index in [-0.39, 0.29) is 5.75 Å². The molecule has 10 heteroatoms. The number of aromatic nitrogens is 2. The van der Waals surface area contributed by atoms with E-state index in [1.54, 1.807) is 18.3 Å². The number of aliphatic hydroxyl groups excluding tert-OH is 2. The highest BCUT2D eigenvalue weighted by Gasteiger charge is 2.31. The standard InChI is InChI=1S/C22H21F3N4O3/c23-22(24,25)32-17-6-4-15(5-7-17)28-21(31)14-11-18(19-3-1-2-9-26-19)20(27-12-14)29-10-8-16(30)13-29/h1-7,9,11-12,16,21,28,30-31H,8,10,13H2/t16-,21?/m1/s1. The molecule has 3 aromatic rings. The van der Waals surface area contributed by atoms with Crippen LogP contribution in [0.4, 0.5) is 24.7 Å². The van der Waals surface area contributed by atoms with E-state index < -0.39 is 18.7 Å². The van der Waals surface area contributed by atoms with Crippen LogP contribution in [0.2, 0.25) is 0 Å². The summed E-state index contributed by atoms with van der Waals surface area (Å²) < 4.78 is 40.8. The third-order valence-corrected chi connectivity index (χ3v) is 5.00. The summed E-state index contributed by atoms with van der Waals surface area (Å²) in [7, 11) is 0. The molecular weight excluding hydrogens is 425 g/mol. The second-order valence-electron chi connectivity index (χ2n) is 7.36. The van der Waals surface area contributed by atoms with Gasteiger partial charge in [0.05, 0.1) is 11.8 Å². The number of β-amino-alcohol motifs (C(OH)–C–C–N with tert-alkyl or cyclic N) is 1. The van der Waals surface area contributed by atoms with Crippen molar-refractivity contribution in [3.63, 3.8) is 0 Å². The minimum Gasteiger partial charge on any atom is -0.406 e. The molecule has 2 aromatic heterocycles. The van der Waals surface area contributed by atoms with Crippen molar-refractivity contribution in [2.24, 2.45) is 0 Å². The number of ether oxygens (including phenoxy) is 1. The highest BCUT2D eigenvalue weighted by Crippen LogP contribution is 2.33. The van der Waals surface area contributed by atoms with E-state index in [0.29, 0.717) is 47.8 Å². The molecular formula is C22H21F3N4O3. The number of aliphatic hydroxyl groups is 2. The summed E-state index contributed by atoms with van der Waals surface area (Å²) in [6.45, 7) is 1.11.